The number of halogens is 1. The quantitative estimate of drug-likeness (QED) is 0.652. The van der Waals surface area contributed by atoms with Crippen LogP contribution in [0.5, 0.6) is 0 Å². The molecule has 3 rings (SSSR count). The zero-order valence-electron chi connectivity index (χ0n) is 12.3. The standard InChI is InChI=1S/C15H19ClN4O/c1-9-12(10(2)21-20-9)4-3-7-17-14-8-13(16)18-15(19-14)11-5-6-11/h8,11H,3-7H2,1-2H3,(H,17,18,19). The van der Waals surface area contributed by atoms with Crippen molar-refractivity contribution in [2.45, 2.75) is 45.4 Å². The lowest BCUT2D eigenvalue weighted by Crippen LogP contribution is -2.07. The second kappa shape index (κ2) is 6.02. The lowest BCUT2D eigenvalue weighted by atomic mass is 10.1. The van der Waals surface area contributed by atoms with Crippen molar-refractivity contribution in [2.75, 3.05) is 11.9 Å². The van der Waals surface area contributed by atoms with Crippen molar-refractivity contribution in [1.82, 2.24) is 15.1 Å². The SMILES string of the molecule is Cc1noc(C)c1CCCNc1cc(Cl)nc(C2CC2)n1. The van der Waals surface area contributed by atoms with Crippen LogP contribution in [0.25, 0.3) is 0 Å². The summed E-state index contributed by atoms with van der Waals surface area (Å²) < 4.78 is 5.17. The van der Waals surface area contributed by atoms with Crippen molar-refractivity contribution < 1.29 is 4.52 Å². The minimum absolute atomic E-state index is 0.506. The zero-order valence-corrected chi connectivity index (χ0v) is 13.1. The van der Waals surface area contributed by atoms with E-state index in [9.17, 15) is 0 Å². The van der Waals surface area contributed by atoms with Crippen molar-refractivity contribution in [3.05, 3.63) is 34.1 Å². The van der Waals surface area contributed by atoms with Crippen LogP contribution in [-0.2, 0) is 6.42 Å². The van der Waals surface area contributed by atoms with Crippen molar-refractivity contribution >= 4 is 17.4 Å². The molecule has 112 valence electrons. The molecule has 0 aliphatic heterocycles. The van der Waals surface area contributed by atoms with Crippen LogP contribution in [0.4, 0.5) is 5.82 Å². The smallest absolute Gasteiger partial charge is 0.137 e. The van der Waals surface area contributed by atoms with Gasteiger partial charge in [-0.05, 0) is 39.5 Å². The normalized spacial score (nSPS) is 14.4. The molecular weight excluding hydrogens is 288 g/mol. The van der Waals surface area contributed by atoms with E-state index in [0.29, 0.717) is 11.1 Å². The summed E-state index contributed by atoms with van der Waals surface area (Å²) in [6, 6.07) is 1.78. The molecule has 5 nitrogen and oxygen atoms in total. The van der Waals surface area contributed by atoms with Gasteiger partial charge in [0.1, 0.15) is 22.6 Å². The summed E-state index contributed by atoms with van der Waals surface area (Å²) in [6.07, 6.45) is 4.28. The van der Waals surface area contributed by atoms with Gasteiger partial charge >= 0.3 is 0 Å². The minimum Gasteiger partial charge on any atom is -0.370 e. The minimum atomic E-state index is 0.506. The number of nitrogens with one attached hydrogen (secondary N) is 1. The summed E-state index contributed by atoms with van der Waals surface area (Å²) in [7, 11) is 0. The van der Waals surface area contributed by atoms with Crippen LogP contribution < -0.4 is 5.32 Å². The van der Waals surface area contributed by atoms with Gasteiger partial charge in [0.25, 0.3) is 0 Å². The lowest BCUT2D eigenvalue weighted by molar-refractivity contribution is 0.392. The number of hydrogen-bond acceptors (Lipinski definition) is 5. The maximum Gasteiger partial charge on any atom is 0.137 e. The van der Waals surface area contributed by atoms with Gasteiger partial charge in [-0.15, -0.1) is 0 Å². The highest BCUT2D eigenvalue weighted by Gasteiger charge is 2.27. The molecule has 21 heavy (non-hydrogen) atoms. The highest BCUT2D eigenvalue weighted by atomic mass is 35.5. The fraction of sp³-hybridized carbons (Fsp3) is 0.533. The first kappa shape index (κ1) is 14.3. The average Bonchev–Trinajstić information content (AvgIpc) is 3.24. The summed E-state index contributed by atoms with van der Waals surface area (Å²) in [5.41, 5.74) is 2.18. The average molecular weight is 307 g/mol. The molecule has 0 radical (unpaired) electrons. The second-order valence-electron chi connectivity index (χ2n) is 5.54. The van der Waals surface area contributed by atoms with E-state index >= 15 is 0 Å². The van der Waals surface area contributed by atoms with Gasteiger partial charge in [0.05, 0.1) is 5.69 Å². The molecule has 6 heteroatoms. The Morgan fingerprint density at radius 2 is 2.14 bits per heavy atom. The Labute approximate surface area is 129 Å². The van der Waals surface area contributed by atoms with Crippen molar-refractivity contribution in [3.8, 4) is 0 Å². The van der Waals surface area contributed by atoms with Gasteiger partial charge in [0, 0.05) is 24.1 Å². The van der Waals surface area contributed by atoms with Gasteiger partial charge < -0.3 is 9.84 Å². The van der Waals surface area contributed by atoms with E-state index in [-0.39, 0.29) is 0 Å². The number of aryl methyl sites for hydroxylation is 2. The van der Waals surface area contributed by atoms with Gasteiger partial charge in [-0.2, -0.15) is 0 Å². The van der Waals surface area contributed by atoms with E-state index in [1.165, 1.54) is 18.4 Å². The largest absolute Gasteiger partial charge is 0.370 e. The van der Waals surface area contributed by atoms with Gasteiger partial charge in [-0.1, -0.05) is 16.8 Å². The van der Waals surface area contributed by atoms with E-state index in [2.05, 4.69) is 20.4 Å². The summed E-state index contributed by atoms with van der Waals surface area (Å²) in [5.74, 6) is 3.10. The highest BCUT2D eigenvalue weighted by molar-refractivity contribution is 6.29. The van der Waals surface area contributed by atoms with Gasteiger partial charge in [-0.3, -0.25) is 0 Å². The maximum atomic E-state index is 6.05. The molecule has 1 saturated carbocycles. The molecule has 1 fully saturated rings. The Kier molecular flexibility index (Phi) is 4.10. The fourth-order valence-electron chi connectivity index (χ4n) is 2.39. The number of anilines is 1. The maximum absolute atomic E-state index is 6.05. The Bertz CT molecular complexity index is 617. The van der Waals surface area contributed by atoms with E-state index in [1.807, 2.05) is 13.8 Å². The van der Waals surface area contributed by atoms with Crippen LogP contribution in [0, 0.1) is 13.8 Å². The molecule has 0 bridgehead atoms. The molecule has 0 unspecified atom stereocenters. The molecule has 2 heterocycles. The topological polar surface area (TPSA) is 63.8 Å². The first-order valence-electron chi connectivity index (χ1n) is 7.33. The lowest BCUT2D eigenvalue weighted by Gasteiger charge is -2.07. The first-order chi connectivity index (χ1) is 10.1. The van der Waals surface area contributed by atoms with Crippen molar-refractivity contribution in [2.24, 2.45) is 0 Å². The van der Waals surface area contributed by atoms with Crippen LogP contribution in [0.3, 0.4) is 0 Å². The van der Waals surface area contributed by atoms with Crippen LogP contribution in [0.1, 0.15) is 48.0 Å². The molecule has 0 atom stereocenters. The van der Waals surface area contributed by atoms with Crippen LogP contribution in [0.15, 0.2) is 10.6 Å². The van der Waals surface area contributed by atoms with E-state index in [4.69, 9.17) is 16.1 Å². The van der Waals surface area contributed by atoms with Gasteiger partial charge in [0.2, 0.25) is 0 Å². The van der Waals surface area contributed by atoms with E-state index < -0.39 is 0 Å². The summed E-state index contributed by atoms with van der Waals surface area (Å²) >= 11 is 6.05. The monoisotopic (exact) mass is 306 g/mol. The third kappa shape index (κ3) is 3.53. The Hall–Kier alpha value is -1.62. The van der Waals surface area contributed by atoms with Gasteiger partial charge in [0.15, 0.2) is 0 Å². The molecule has 0 saturated heterocycles. The van der Waals surface area contributed by atoms with Gasteiger partial charge in [-0.25, -0.2) is 9.97 Å². The molecule has 1 aliphatic carbocycles. The number of aromatic nitrogens is 3. The predicted octanol–water partition coefficient (Wildman–Crippen LogP) is 3.66. The van der Waals surface area contributed by atoms with Crippen molar-refractivity contribution in [3.63, 3.8) is 0 Å². The van der Waals surface area contributed by atoms with Crippen LogP contribution >= 0.6 is 11.6 Å². The Morgan fingerprint density at radius 1 is 1.33 bits per heavy atom. The molecule has 2 aromatic rings. The highest BCUT2D eigenvalue weighted by Crippen LogP contribution is 2.38. The summed E-state index contributed by atoms with van der Waals surface area (Å²) in [4.78, 5) is 8.81. The Balaban J connectivity index is 1.53. The van der Waals surface area contributed by atoms with E-state index in [0.717, 1.165) is 42.5 Å². The molecule has 0 spiro atoms. The van der Waals surface area contributed by atoms with Crippen LogP contribution in [-0.4, -0.2) is 21.7 Å². The first-order valence-corrected chi connectivity index (χ1v) is 7.71. The number of nitrogens with zero attached hydrogens (tertiary/aromatic N) is 3. The molecule has 0 amide bonds. The molecule has 0 aromatic carbocycles. The number of hydrogen-bond donors (Lipinski definition) is 1. The summed E-state index contributed by atoms with van der Waals surface area (Å²) in [6.45, 7) is 4.77. The Morgan fingerprint density at radius 3 is 2.81 bits per heavy atom. The second-order valence-corrected chi connectivity index (χ2v) is 5.93. The summed E-state index contributed by atoms with van der Waals surface area (Å²) in [5, 5.41) is 7.81. The predicted molar refractivity (Wildman–Crippen MR) is 81.8 cm³/mol. The number of rotatable bonds is 6. The molecular formula is C15H19ClN4O. The fourth-order valence-corrected chi connectivity index (χ4v) is 2.58. The molecule has 1 N–H and O–H groups in total. The van der Waals surface area contributed by atoms with Crippen LogP contribution in [0.2, 0.25) is 5.15 Å². The molecule has 1 aliphatic rings. The van der Waals surface area contributed by atoms with E-state index in [1.54, 1.807) is 6.07 Å². The van der Waals surface area contributed by atoms with Crippen molar-refractivity contribution in [1.29, 1.82) is 0 Å². The third-order valence-corrected chi connectivity index (χ3v) is 3.94. The molecule has 2 aromatic heterocycles. The third-order valence-electron chi connectivity index (χ3n) is 3.75. The zero-order chi connectivity index (χ0) is 14.8.